The van der Waals surface area contributed by atoms with E-state index in [1.165, 1.54) is 0 Å². The summed E-state index contributed by atoms with van der Waals surface area (Å²) in [5.74, 6) is 0. The van der Waals surface area contributed by atoms with Crippen LogP contribution in [0.2, 0.25) is 10.0 Å². The average Bonchev–Trinajstić information content (AvgIpc) is 3.09. The molecule has 0 aliphatic heterocycles. The SMILES string of the molecule is Clc1ccnc2c(Br)csc12.Clc1ccnc2ccsc12. The molecule has 0 spiro atoms. The second kappa shape index (κ2) is 6.58. The lowest BCUT2D eigenvalue weighted by Crippen LogP contribution is -1.71. The summed E-state index contributed by atoms with van der Waals surface area (Å²) < 4.78 is 3.13. The summed E-state index contributed by atoms with van der Waals surface area (Å²) in [6.45, 7) is 0. The molecule has 21 heavy (non-hydrogen) atoms. The first-order chi connectivity index (χ1) is 10.2. The van der Waals surface area contributed by atoms with Gasteiger partial charge >= 0.3 is 0 Å². The van der Waals surface area contributed by atoms with Crippen molar-refractivity contribution < 1.29 is 0 Å². The predicted octanol–water partition coefficient (Wildman–Crippen LogP) is 6.66. The topological polar surface area (TPSA) is 25.8 Å². The number of hydrogen-bond donors (Lipinski definition) is 0. The lowest BCUT2D eigenvalue weighted by molar-refractivity contribution is 1.42. The predicted molar refractivity (Wildman–Crippen MR) is 97.0 cm³/mol. The molecule has 7 heteroatoms. The van der Waals surface area contributed by atoms with Gasteiger partial charge in [0.2, 0.25) is 0 Å². The molecule has 2 nitrogen and oxygen atoms in total. The molecule has 0 fully saturated rings. The molecule has 4 aromatic rings. The second-order valence-electron chi connectivity index (χ2n) is 3.98. The highest BCUT2D eigenvalue weighted by Crippen LogP contribution is 2.32. The van der Waals surface area contributed by atoms with E-state index >= 15 is 0 Å². The Morgan fingerprint density at radius 1 is 0.905 bits per heavy atom. The molecule has 0 radical (unpaired) electrons. The van der Waals surface area contributed by atoms with Crippen molar-refractivity contribution in [3.8, 4) is 0 Å². The minimum atomic E-state index is 0.769. The Morgan fingerprint density at radius 3 is 2.33 bits per heavy atom. The van der Waals surface area contributed by atoms with Crippen LogP contribution < -0.4 is 0 Å². The minimum absolute atomic E-state index is 0.769. The van der Waals surface area contributed by atoms with Crippen molar-refractivity contribution in [2.45, 2.75) is 0 Å². The van der Waals surface area contributed by atoms with Crippen LogP contribution in [0.15, 0.2) is 45.8 Å². The van der Waals surface area contributed by atoms with E-state index in [0.717, 1.165) is 35.0 Å². The number of halogens is 3. The lowest BCUT2D eigenvalue weighted by Gasteiger charge is -1.90. The third-order valence-electron chi connectivity index (χ3n) is 2.66. The molecule has 106 valence electrons. The maximum atomic E-state index is 5.92. The van der Waals surface area contributed by atoms with E-state index in [1.807, 2.05) is 16.8 Å². The van der Waals surface area contributed by atoms with E-state index in [2.05, 4.69) is 25.9 Å². The van der Waals surface area contributed by atoms with Gasteiger partial charge in [-0.2, -0.15) is 0 Å². The number of fused-ring (bicyclic) bond motifs is 2. The van der Waals surface area contributed by atoms with Crippen molar-refractivity contribution in [1.82, 2.24) is 9.97 Å². The van der Waals surface area contributed by atoms with Crippen LogP contribution in [0.25, 0.3) is 20.4 Å². The summed E-state index contributed by atoms with van der Waals surface area (Å²) in [6.07, 6.45) is 3.43. The molecule has 4 heterocycles. The Hall–Kier alpha value is -0.720. The number of rotatable bonds is 0. The van der Waals surface area contributed by atoms with Crippen molar-refractivity contribution >= 4 is 82.2 Å². The van der Waals surface area contributed by atoms with Crippen molar-refractivity contribution in [2.24, 2.45) is 0 Å². The smallest absolute Gasteiger partial charge is 0.0966 e. The number of pyridine rings is 2. The zero-order valence-corrected chi connectivity index (χ0v) is 15.1. The molecule has 4 aromatic heterocycles. The summed E-state index contributed by atoms with van der Waals surface area (Å²) in [7, 11) is 0. The fourth-order valence-corrected chi connectivity index (χ4v) is 4.54. The van der Waals surface area contributed by atoms with Crippen LogP contribution in [-0.4, -0.2) is 9.97 Å². The van der Waals surface area contributed by atoms with Gasteiger partial charge in [-0.3, -0.25) is 9.97 Å². The molecular formula is C14H7BrCl2N2S2. The molecule has 0 atom stereocenters. The molecule has 0 bridgehead atoms. The summed E-state index contributed by atoms with van der Waals surface area (Å²) in [4.78, 5) is 8.31. The highest BCUT2D eigenvalue weighted by atomic mass is 79.9. The van der Waals surface area contributed by atoms with Gasteiger partial charge in [-0.1, -0.05) is 23.2 Å². The van der Waals surface area contributed by atoms with Gasteiger partial charge in [0.05, 0.1) is 35.0 Å². The van der Waals surface area contributed by atoms with Gasteiger partial charge in [-0.15, -0.1) is 22.7 Å². The minimum Gasteiger partial charge on any atom is -0.255 e. The van der Waals surface area contributed by atoms with Gasteiger partial charge in [0, 0.05) is 17.8 Å². The highest BCUT2D eigenvalue weighted by Gasteiger charge is 2.04. The van der Waals surface area contributed by atoms with Gasteiger partial charge < -0.3 is 0 Å². The van der Waals surface area contributed by atoms with E-state index in [-0.39, 0.29) is 0 Å². The zero-order chi connectivity index (χ0) is 14.8. The maximum Gasteiger partial charge on any atom is 0.0966 e. The number of thiophene rings is 2. The Morgan fingerprint density at radius 2 is 1.62 bits per heavy atom. The standard InChI is InChI=1S/C7H3BrClNS.C7H4ClNS/c8-4-3-11-7-5(9)1-2-10-6(4)7;8-5-1-3-9-6-2-4-10-7(5)6/h1-3H;1-4H. The summed E-state index contributed by atoms with van der Waals surface area (Å²) in [6, 6.07) is 5.57. The maximum absolute atomic E-state index is 5.92. The van der Waals surface area contributed by atoms with E-state index in [1.54, 1.807) is 47.2 Å². The van der Waals surface area contributed by atoms with Gasteiger partial charge in [0.25, 0.3) is 0 Å². The fraction of sp³-hybridized carbons (Fsp3) is 0. The number of hydrogen-bond acceptors (Lipinski definition) is 4. The third-order valence-corrected chi connectivity index (χ3v) is 6.36. The first kappa shape index (κ1) is 15.2. The largest absolute Gasteiger partial charge is 0.255 e. The molecular weight excluding hydrogens is 411 g/mol. The monoisotopic (exact) mass is 416 g/mol. The first-order valence-corrected chi connectivity index (χ1v) is 9.12. The quantitative estimate of drug-likeness (QED) is 0.319. The summed E-state index contributed by atoms with van der Waals surface area (Å²) >= 11 is 18.4. The lowest BCUT2D eigenvalue weighted by atomic mass is 10.4. The van der Waals surface area contributed by atoms with Crippen molar-refractivity contribution in [3.05, 3.63) is 55.9 Å². The molecule has 0 aliphatic carbocycles. The third kappa shape index (κ3) is 3.22. The van der Waals surface area contributed by atoms with Crippen LogP contribution in [0.3, 0.4) is 0 Å². The number of aromatic nitrogens is 2. The Kier molecular flexibility index (Phi) is 4.76. The summed E-state index contributed by atoms with van der Waals surface area (Å²) in [5, 5.41) is 5.54. The molecule has 4 rings (SSSR count). The Labute approximate surface area is 147 Å². The van der Waals surface area contributed by atoms with E-state index in [4.69, 9.17) is 23.2 Å². The zero-order valence-electron chi connectivity index (χ0n) is 10.4. The normalized spacial score (nSPS) is 10.6. The van der Waals surface area contributed by atoms with Crippen LogP contribution in [0.4, 0.5) is 0 Å². The molecule has 0 unspecified atom stereocenters. The van der Waals surface area contributed by atoms with Gasteiger partial charge in [0.15, 0.2) is 0 Å². The molecule has 0 aromatic carbocycles. The van der Waals surface area contributed by atoms with E-state index in [0.29, 0.717) is 0 Å². The molecule has 0 N–H and O–H groups in total. The Bertz CT molecular complexity index is 904. The van der Waals surface area contributed by atoms with Crippen LogP contribution in [0.5, 0.6) is 0 Å². The van der Waals surface area contributed by atoms with E-state index in [9.17, 15) is 0 Å². The average molecular weight is 418 g/mol. The molecule has 0 saturated heterocycles. The Balaban J connectivity index is 0.000000126. The van der Waals surface area contributed by atoms with Gasteiger partial charge in [0.1, 0.15) is 0 Å². The van der Waals surface area contributed by atoms with Crippen LogP contribution in [0, 0.1) is 0 Å². The molecule has 0 aliphatic rings. The van der Waals surface area contributed by atoms with Crippen molar-refractivity contribution in [2.75, 3.05) is 0 Å². The highest BCUT2D eigenvalue weighted by molar-refractivity contribution is 9.10. The summed E-state index contributed by atoms with van der Waals surface area (Å²) in [5.41, 5.74) is 1.93. The number of nitrogens with zero attached hydrogens (tertiary/aromatic N) is 2. The van der Waals surface area contributed by atoms with Gasteiger partial charge in [-0.25, -0.2) is 0 Å². The molecule has 0 saturated carbocycles. The second-order valence-corrected chi connectivity index (χ2v) is 7.45. The van der Waals surface area contributed by atoms with Gasteiger partial charge in [-0.05, 0) is 39.5 Å². The van der Waals surface area contributed by atoms with Crippen molar-refractivity contribution in [1.29, 1.82) is 0 Å². The molecule has 0 amide bonds. The first-order valence-electron chi connectivity index (χ1n) is 5.81. The fourth-order valence-electron chi connectivity index (χ4n) is 1.71. The van der Waals surface area contributed by atoms with Crippen molar-refractivity contribution in [3.63, 3.8) is 0 Å². The van der Waals surface area contributed by atoms with Crippen LogP contribution in [0.1, 0.15) is 0 Å². The van der Waals surface area contributed by atoms with Crippen LogP contribution in [-0.2, 0) is 0 Å². The van der Waals surface area contributed by atoms with E-state index < -0.39 is 0 Å². The van der Waals surface area contributed by atoms with Crippen LogP contribution >= 0.6 is 61.8 Å².